The molecule has 2 aromatic carbocycles. The predicted molar refractivity (Wildman–Crippen MR) is 99.9 cm³/mol. The van der Waals surface area contributed by atoms with Gasteiger partial charge in [0.1, 0.15) is 25.4 Å². The molecule has 0 unspecified atom stereocenters. The summed E-state index contributed by atoms with van der Waals surface area (Å²) in [5.41, 5.74) is 1.70. The second kappa shape index (κ2) is 8.00. The summed E-state index contributed by atoms with van der Waals surface area (Å²) in [5, 5.41) is 0. The first-order valence-electron chi connectivity index (χ1n) is 9.47. The normalized spacial score (nSPS) is 25.5. The van der Waals surface area contributed by atoms with Gasteiger partial charge in [0.2, 0.25) is 0 Å². The number of hydrogen-bond donors (Lipinski definition) is 0. The molecule has 5 nitrogen and oxygen atoms in total. The Hall–Kier alpha value is -2.89. The summed E-state index contributed by atoms with van der Waals surface area (Å²) in [6.45, 7) is 0.204. The highest BCUT2D eigenvalue weighted by molar-refractivity contribution is 5.83. The highest BCUT2D eigenvalue weighted by Crippen LogP contribution is 2.45. The first kappa shape index (κ1) is 18.5. The third-order valence-corrected chi connectivity index (χ3v) is 5.49. The zero-order valence-electron chi connectivity index (χ0n) is 15.4. The maximum absolute atomic E-state index is 14.3. The number of hydrogen-bond acceptors (Lipinski definition) is 4. The number of halogens is 1. The number of ether oxygens (including phenoxy) is 2. The van der Waals surface area contributed by atoms with Crippen LogP contribution in [0.4, 0.5) is 9.18 Å². The quantitative estimate of drug-likeness (QED) is 0.736. The Morgan fingerprint density at radius 1 is 0.893 bits per heavy atom. The Morgan fingerprint density at radius 2 is 1.46 bits per heavy atom. The van der Waals surface area contributed by atoms with Gasteiger partial charge in [0.05, 0.1) is 0 Å². The van der Waals surface area contributed by atoms with Crippen molar-refractivity contribution in [1.82, 2.24) is 4.90 Å². The Kier molecular flexibility index (Phi) is 5.28. The Balaban J connectivity index is 1.42. The van der Waals surface area contributed by atoms with Gasteiger partial charge in [0, 0.05) is 12.0 Å². The van der Waals surface area contributed by atoms with Crippen LogP contribution < -0.4 is 0 Å². The van der Waals surface area contributed by atoms with E-state index in [-0.39, 0.29) is 25.7 Å². The molecule has 1 aliphatic carbocycles. The SMILES string of the molecule is O=C(OCc1ccccc1)[C@@H]1[C@@H]2C[C@H](C[C@@H]2F)N1C(=O)OCc1ccccc1. The van der Waals surface area contributed by atoms with E-state index in [1.165, 1.54) is 4.90 Å². The lowest BCUT2D eigenvalue weighted by atomic mass is 9.97. The van der Waals surface area contributed by atoms with Crippen LogP contribution in [0.5, 0.6) is 0 Å². The smallest absolute Gasteiger partial charge is 0.411 e. The number of likely N-dealkylation sites (tertiary alicyclic amines) is 1. The lowest BCUT2D eigenvalue weighted by molar-refractivity contribution is -0.153. The van der Waals surface area contributed by atoms with Crippen LogP contribution in [0.2, 0.25) is 0 Å². The number of amides is 1. The maximum atomic E-state index is 14.3. The summed E-state index contributed by atoms with van der Waals surface area (Å²) in [6.07, 6.45) is -0.984. The van der Waals surface area contributed by atoms with Gasteiger partial charge >= 0.3 is 12.1 Å². The molecule has 2 bridgehead atoms. The number of nitrogens with zero attached hydrogens (tertiary/aromatic N) is 1. The molecule has 1 saturated carbocycles. The van der Waals surface area contributed by atoms with Crippen molar-refractivity contribution in [2.45, 2.75) is 44.3 Å². The minimum absolute atomic E-state index is 0.0947. The molecule has 2 fully saturated rings. The standard InChI is InChI=1S/C22H22FNO4/c23-19-12-17-11-18(19)20(21(25)27-13-15-7-3-1-4-8-15)24(17)22(26)28-14-16-9-5-2-6-10-16/h1-10,17-20H,11-14H2/t17-,18-,19+,20+/m1/s1. The van der Waals surface area contributed by atoms with E-state index in [1.54, 1.807) is 0 Å². The van der Waals surface area contributed by atoms with Gasteiger partial charge in [-0.2, -0.15) is 0 Å². The molecule has 1 amide bonds. The van der Waals surface area contributed by atoms with Crippen LogP contribution in [0.25, 0.3) is 0 Å². The number of carbonyl (C=O) groups excluding carboxylic acids is 2. The number of carbonyl (C=O) groups is 2. The van der Waals surface area contributed by atoms with Crippen LogP contribution in [0.1, 0.15) is 24.0 Å². The van der Waals surface area contributed by atoms with Crippen LogP contribution in [0, 0.1) is 5.92 Å². The molecule has 4 atom stereocenters. The molecule has 2 aromatic rings. The third-order valence-electron chi connectivity index (χ3n) is 5.49. The number of piperidine rings is 1. The first-order valence-corrected chi connectivity index (χ1v) is 9.47. The maximum Gasteiger partial charge on any atom is 0.411 e. The number of alkyl halides is 1. The van der Waals surface area contributed by atoms with Crippen LogP contribution in [-0.2, 0) is 27.5 Å². The molecule has 1 aliphatic heterocycles. The van der Waals surface area contributed by atoms with Crippen molar-refractivity contribution >= 4 is 12.1 Å². The average Bonchev–Trinajstić information content (AvgIpc) is 3.29. The van der Waals surface area contributed by atoms with Crippen LogP contribution in [0.3, 0.4) is 0 Å². The minimum atomic E-state index is -1.10. The minimum Gasteiger partial charge on any atom is -0.459 e. The highest BCUT2D eigenvalue weighted by atomic mass is 19.1. The molecule has 146 valence electrons. The van der Waals surface area contributed by atoms with Gasteiger partial charge in [-0.3, -0.25) is 4.90 Å². The number of fused-ring (bicyclic) bond motifs is 2. The molecule has 4 rings (SSSR count). The second-order valence-corrected chi connectivity index (χ2v) is 7.29. The number of benzene rings is 2. The zero-order valence-corrected chi connectivity index (χ0v) is 15.4. The number of rotatable bonds is 5. The third kappa shape index (κ3) is 3.72. The topological polar surface area (TPSA) is 55.8 Å². The van der Waals surface area contributed by atoms with Gasteiger partial charge in [0.25, 0.3) is 0 Å². The molecule has 0 N–H and O–H groups in total. The van der Waals surface area contributed by atoms with Crippen LogP contribution >= 0.6 is 0 Å². The van der Waals surface area contributed by atoms with Crippen molar-refractivity contribution in [1.29, 1.82) is 0 Å². The van der Waals surface area contributed by atoms with E-state index in [2.05, 4.69) is 0 Å². The monoisotopic (exact) mass is 383 g/mol. The van der Waals surface area contributed by atoms with E-state index >= 15 is 0 Å². The van der Waals surface area contributed by atoms with Crippen molar-refractivity contribution in [2.24, 2.45) is 5.92 Å². The van der Waals surface area contributed by atoms with Gasteiger partial charge in [-0.05, 0) is 24.0 Å². The molecular formula is C22H22FNO4. The Labute approximate surface area is 163 Å². The van der Waals surface area contributed by atoms with Crippen LogP contribution in [-0.4, -0.2) is 35.2 Å². The molecule has 6 heteroatoms. The predicted octanol–water partition coefficient (Wildman–Crippen LogP) is 3.87. The Morgan fingerprint density at radius 3 is 2.07 bits per heavy atom. The summed E-state index contributed by atoms with van der Waals surface area (Å²) in [4.78, 5) is 26.8. The van der Waals surface area contributed by atoms with Gasteiger partial charge in [-0.25, -0.2) is 14.0 Å². The Bertz CT molecular complexity index is 829. The fourth-order valence-electron chi connectivity index (χ4n) is 4.14. The fourth-order valence-corrected chi connectivity index (χ4v) is 4.14. The highest BCUT2D eigenvalue weighted by Gasteiger charge is 2.57. The molecule has 1 saturated heterocycles. The average molecular weight is 383 g/mol. The summed E-state index contributed by atoms with van der Waals surface area (Å²) in [5.74, 6) is -1.10. The first-order chi connectivity index (χ1) is 13.6. The van der Waals surface area contributed by atoms with Gasteiger partial charge < -0.3 is 9.47 Å². The van der Waals surface area contributed by atoms with Crippen molar-refractivity contribution in [2.75, 3.05) is 0 Å². The van der Waals surface area contributed by atoms with E-state index < -0.39 is 30.2 Å². The van der Waals surface area contributed by atoms with Crippen molar-refractivity contribution < 1.29 is 23.5 Å². The van der Waals surface area contributed by atoms with Crippen molar-refractivity contribution in [3.05, 3.63) is 71.8 Å². The van der Waals surface area contributed by atoms with Crippen molar-refractivity contribution in [3.8, 4) is 0 Å². The van der Waals surface area contributed by atoms with E-state index in [0.717, 1.165) is 11.1 Å². The summed E-state index contributed by atoms with van der Waals surface area (Å²) in [6, 6.07) is 17.3. The largest absolute Gasteiger partial charge is 0.459 e. The molecule has 0 radical (unpaired) electrons. The lowest BCUT2D eigenvalue weighted by Crippen LogP contribution is -2.52. The van der Waals surface area contributed by atoms with E-state index in [0.29, 0.717) is 6.42 Å². The number of esters is 1. The van der Waals surface area contributed by atoms with E-state index in [1.807, 2.05) is 60.7 Å². The van der Waals surface area contributed by atoms with Crippen molar-refractivity contribution in [3.63, 3.8) is 0 Å². The molecule has 2 aliphatic rings. The van der Waals surface area contributed by atoms with Crippen LogP contribution in [0.15, 0.2) is 60.7 Å². The van der Waals surface area contributed by atoms with Gasteiger partial charge in [-0.1, -0.05) is 60.7 Å². The summed E-state index contributed by atoms with van der Waals surface area (Å²) in [7, 11) is 0. The molecule has 0 aromatic heterocycles. The van der Waals surface area contributed by atoms with Gasteiger partial charge in [0.15, 0.2) is 0 Å². The second-order valence-electron chi connectivity index (χ2n) is 7.29. The molecular weight excluding hydrogens is 361 g/mol. The van der Waals surface area contributed by atoms with E-state index in [9.17, 15) is 14.0 Å². The van der Waals surface area contributed by atoms with Gasteiger partial charge in [-0.15, -0.1) is 0 Å². The molecule has 1 heterocycles. The van der Waals surface area contributed by atoms with E-state index in [4.69, 9.17) is 9.47 Å². The fraction of sp³-hybridized carbons (Fsp3) is 0.364. The molecule has 28 heavy (non-hydrogen) atoms. The molecule has 0 spiro atoms. The lowest BCUT2D eigenvalue weighted by Gasteiger charge is -2.34. The summed E-state index contributed by atoms with van der Waals surface area (Å²) >= 11 is 0. The zero-order chi connectivity index (χ0) is 19.5. The summed E-state index contributed by atoms with van der Waals surface area (Å²) < 4.78 is 25.1.